The van der Waals surface area contributed by atoms with E-state index in [1.54, 1.807) is 6.92 Å². The predicted molar refractivity (Wildman–Crippen MR) is 96.0 cm³/mol. The zero-order valence-corrected chi connectivity index (χ0v) is 15.1. The molecule has 1 aromatic heterocycles. The summed E-state index contributed by atoms with van der Waals surface area (Å²) in [5.74, 6) is 0.773. The molecule has 1 heterocycles. The lowest BCUT2D eigenvalue weighted by atomic mass is 9.87. The number of amides is 2. The Morgan fingerprint density at radius 2 is 1.96 bits per heavy atom. The Hall–Kier alpha value is -2.01. The third kappa shape index (κ3) is 4.51. The molecule has 0 aliphatic carbocycles. The Bertz CT molecular complexity index is 704. The quantitative estimate of drug-likeness (QED) is 0.751. The van der Waals surface area contributed by atoms with E-state index < -0.39 is 0 Å². The smallest absolute Gasteiger partial charge is 0.315 e. The van der Waals surface area contributed by atoms with Crippen molar-refractivity contribution in [2.24, 2.45) is 5.41 Å². The number of carbonyl (C=O) groups excluding carboxylic acids is 1. The van der Waals surface area contributed by atoms with E-state index in [9.17, 15) is 9.90 Å². The molecule has 0 radical (unpaired) electrons. The van der Waals surface area contributed by atoms with Crippen LogP contribution in [0.5, 0.6) is 0 Å². The number of nitrogens with one attached hydrogen (secondary N) is 2. The molecule has 2 amide bonds. The van der Waals surface area contributed by atoms with Crippen molar-refractivity contribution in [1.82, 2.24) is 10.6 Å². The highest BCUT2D eigenvalue weighted by Gasteiger charge is 2.22. The number of hydrogen-bond donors (Lipinski definition) is 3. The summed E-state index contributed by atoms with van der Waals surface area (Å²) in [5, 5.41) is 16.4. The fourth-order valence-corrected chi connectivity index (χ4v) is 3.11. The van der Waals surface area contributed by atoms with Gasteiger partial charge in [-0.15, -0.1) is 0 Å². The molecular weight excluding hydrogens is 304 g/mol. The average Bonchev–Trinajstić information content (AvgIpc) is 2.82. The average molecular weight is 332 g/mol. The molecule has 2 atom stereocenters. The van der Waals surface area contributed by atoms with Crippen molar-refractivity contribution in [1.29, 1.82) is 0 Å². The van der Waals surface area contributed by atoms with Gasteiger partial charge in [0.2, 0.25) is 0 Å². The lowest BCUT2D eigenvalue weighted by molar-refractivity contribution is 0.128. The highest BCUT2D eigenvalue weighted by Crippen LogP contribution is 2.29. The van der Waals surface area contributed by atoms with E-state index in [1.165, 1.54) is 0 Å². The molecule has 0 bridgehead atoms. The normalized spacial score (nSPS) is 14.4. The van der Waals surface area contributed by atoms with E-state index in [0.29, 0.717) is 13.0 Å². The molecule has 0 saturated heterocycles. The van der Waals surface area contributed by atoms with Gasteiger partial charge in [0.15, 0.2) is 0 Å². The Balaban J connectivity index is 1.97. The molecule has 0 spiro atoms. The summed E-state index contributed by atoms with van der Waals surface area (Å²) < 4.78 is 5.88. The molecule has 2 aromatic rings. The van der Waals surface area contributed by atoms with Gasteiger partial charge in [0, 0.05) is 17.5 Å². The molecule has 132 valence electrons. The minimum absolute atomic E-state index is 0.163. The second-order valence-corrected chi connectivity index (χ2v) is 7.35. The second kappa shape index (κ2) is 7.26. The lowest BCUT2D eigenvalue weighted by Gasteiger charge is -2.26. The first-order valence-corrected chi connectivity index (χ1v) is 8.40. The molecule has 3 N–H and O–H groups in total. The number of carbonyl (C=O) groups is 1. The summed E-state index contributed by atoms with van der Waals surface area (Å²) in [7, 11) is 0. The molecule has 24 heavy (non-hydrogen) atoms. The number of urea groups is 1. The van der Waals surface area contributed by atoms with E-state index in [1.807, 2.05) is 52.0 Å². The maximum atomic E-state index is 12.2. The number of furan rings is 1. The van der Waals surface area contributed by atoms with Gasteiger partial charge in [-0.2, -0.15) is 0 Å². The molecule has 0 saturated carbocycles. The number of aryl methyl sites for hydroxylation is 1. The van der Waals surface area contributed by atoms with Crippen LogP contribution in [0.1, 0.15) is 51.5 Å². The minimum Gasteiger partial charge on any atom is -0.459 e. The van der Waals surface area contributed by atoms with E-state index in [4.69, 9.17) is 4.42 Å². The van der Waals surface area contributed by atoms with Crippen LogP contribution in [-0.2, 0) is 0 Å². The molecule has 2 rings (SSSR count). The van der Waals surface area contributed by atoms with Crippen molar-refractivity contribution in [3.8, 4) is 0 Å². The van der Waals surface area contributed by atoms with Gasteiger partial charge < -0.3 is 20.2 Å². The van der Waals surface area contributed by atoms with Crippen LogP contribution < -0.4 is 10.6 Å². The maximum absolute atomic E-state index is 12.2. The Kier molecular flexibility index (Phi) is 5.54. The first-order chi connectivity index (χ1) is 11.2. The fourth-order valence-electron chi connectivity index (χ4n) is 3.11. The van der Waals surface area contributed by atoms with Crippen LogP contribution >= 0.6 is 0 Å². The predicted octanol–water partition coefficient (Wildman–Crippen LogP) is 3.90. The third-order valence-electron chi connectivity index (χ3n) is 4.20. The number of fused-ring (bicyclic) bond motifs is 1. The fraction of sp³-hybridized carbons (Fsp3) is 0.526. The number of hydrogen-bond acceptors (Lipinski definition) is 3. The summed E-state index contributed by atoms with van der Waals surface area (Å²) in [5.41, 5.74) is 1.72. The maximum Gasteiger partial charge on any atom is 0.315 e. The van der Waals surface area contributed by atoms with Gasteiger partial charge in [-0.05, 0) is 38.7 Å². The van der Waals surface area contributed by atoms with Gasteiger partial charge in [-0.1, -0.05) is 32.0 Å². The first kappa shape index (κ1) is 18.3. The van der Waals surface area contributed by atoms with Crippen molar-refractivity contribution in [3.05, 3.63) is 35.6 Å². The van der Waals surface area contributed by atoms with Crippen molar-refractivity contribution < 1.29 is 14.3 Å². The van der Waals surface area contributed by atoms with Gasteiger partial charge >= 0.3 is 6.03 Å². The number of rotatable bonds is 6. The number of benzene rings is 1. The van der Waals surface area contributed by atoms with Gasteiger partial charge in [-0.25, -0.2) is 4.79 Å². The number of aliphatic hydroxyl groups is 1. The SMILES string of the molecule is Cc1c(C(C)NC(=O)NCC(C)(C)CC(C)O)oc2ccccc12. The summed E-state index contributed by atoms with van der Waals surface area (Å²) >= 11 is 0. The number of aliphatic hydroxyl groups excluding tert-OH is 1. The lowest BCUT2D eigenvalue weighted by Crippen LogP contribution is -2.42. The van der Waals surface area contributed by atoms with Gasteiger partial charge in [0.05, 0.1) is 12.1 Å². The second-order valence-electron chi connectivity index (χ2n) is 7.35. The van der Waals surface area contributed by atoms with Crippen LogP contribution in [0.25, 0.3) is 11.0 Å². The van der Waals surface area contributed by atoms with Gasteiger partial charge in [-0.3, -0.25) is 0 Å². The number of para-hydroxylation sites is 1. The molecule has 5 heteroatoms. The van der Waals surface area contributed by atoms with Crippen molar-refractivity contribution in [2.45, 2.75) is 53.2 Å². The van der Waals surface area contributed by atoms with Crippen LogP contribution in [0, 0.1) is 12.3 Å². The summed E-state index contributed by atoms with van der Waals surface area (Å²) in [6.07, 6.45) is 0.243. The van der Waals surface area contributed by atoms with Gasteiger partial charge in [0.25, 0.3) is 0 Å². The standard InChI is InChI=1S/C19H28N2O3/c1-12(22)10-19(4,5)11-20-18(23)21-14(3)17-13(2)15-8-6-7-9-16(15)24-17/h6-9,12,14,22H,10-11H2,1-5H3,(H2,20,21,23). The zero-order valence-electron chi connectivity index (χ0n) is 15.1. The Labute approximate surface area is 143 Å². The molecule has 1 aromatic carbocycles. The molecule has 2 unspecified atom stereocenters. The van der Waals surface area contributed by atoms with E-state index in [-0.39, 0.29) is 23.6 Å². The molecule has 0 fully saturated rings. The van der Waals surface area contributed by atoms with Crippen molar-refractivity contribution >= 4 is 17.0 Å². The first-order valence-electron chi connectivity index (χ1n) is 8.40. The monoisotopic (exact) mass is 332 g/mol. The van der Waals surface area contributed by atoms with Crippen LogP contribution in [0.4, 0.5) is 4.79 Å². The molecular formula is C19H28N2O3. The van der Waals surface area contributed by atoms with Crippen molar-refractivity contribution in [2.75, 3.05) is 6.54 Å². The zero-order chi connectivity index (χ0) is 17.9. The van der Waals surface area contributed by atoms with Gasteiger partial charge in [0.1, 0.15) is 11.3 Å². The minimum atomic E-state index is -0.387. The Morgan fingerprint density at radius 3 is 2.58 bits per heavy atom. The van der Waals surface area contributed by atoms with E-state index >= 15 is 0 Å². The van der Waals surface area contributed by atoms with Crippen molar-refractivity contribution in [3.63, 3.8) is 0 Å². The molecule has 5 nitrogen and oxygen atoms in total. The van der Waals surface area contributed by atoms with Crippen LogP contribution in [0.2, 0.25) is 0 Å². The largest absolute Gasteiger partial charge is 0.459 e. The van der Waals surface area contributed by atoms with E-state index in [0.717, 1.165) is 22.3 Å². The van der Waals surface area contributed by atoms with Crippen LogP contribution in [0.15, 0.2) is 28.7 Å². The highest BCUT2D eigenvalue weighted by atomic mass is 16.3. The van der Waals surface area contributed by atoms with Crippen LogP contribution in [-0.4, -0.2) is 23.8 Å². The Morgan fingerprint density at radius 1 is 1.29 bits per heavy atom. The summed E-state index contributed by atoms with van der Waals surface area (Å²) in [6.45, 7) is 10.2. The third-order valence-corrected chi connectivity index (χ3v) is 4.20. The summed E-state index contributed by atoms with van der Waals surface area (Å²) in [4.78, 5) is 12.2. The summed E-state index contributed by atoms with van der Waals surface area (Å²) in [6, 6.07) is 7.40. The van der Waals surface area contributed by atoms with Crippen LogP contribution in [0.3, 0.4) is 0 Å². The highest BCUT2D eigenvalue weighted by molar-refractivity contribution is 5.82. The van der Waals surface area contributed by atoms with E-state index in [2.05, 4.69) is 10.6 Å². The topological polar surface area (TPSA) is 74.5 Å². The molecule has 0 aliphatic heterocycles. The molecule has 0 aliphatic rings.